The Morgan fingerprint density at radius 1 is 1.78 bits per heavy atom. The van der Waals surface area contributed by atoms with Crippen LogP contribution < -0.4 is 5.32 Å². The summed E-state index contributed by atoms with van der Waals surface area (Å²) in [4.78, 5) is 10.7. The van der Waals surface area contributed by atoms with Gasteiger partial charge in [-0.15, -0.1) is 0 Å². The predicted octanol–water partition coefficient (Wildman–Crippen LogP) is -1.17. The van der Waals surface area contributed by atoms with Crippen molar-refractivity contribution in [3.8, 4) is 0 Å². The van der Waals surface area contributed by atoms with Gasteiger partial charge in [0, 0.05) is 0 Å². The monoisotopic (exact) mass is 127 g/mol. The first-order valence-electron chi connectivity index (χ1n) is 3.16. The highest BCUT2D eigenvalue weighted by molar-refractivity contribution is 6.06. The van der Waals surface area contributed by atoms with Gasteiger partial charge in [0.15, 0.2) is 0 Å². The van der Waals surface area contributed by atoms with Gasteiger partial charge in [0.05, 0.1) is 0 Å². The van der Waals surface area contributed by atoms with Crippen molar-refractivity contribution >= 4 is 14.0 Å². The fourth-order valence-electron chi connectivity index (χ4n) is 1.03. The number of carbonyl (C=O) groups excluding carboxylic acids is 1. The van der Waals surface area contributed by atoms with E-state index in [1.165, 1.54) is 8.05 Å². The second kappa shape index (κ2) is 2.87. The van der Waals surface area contributed by atoms with Crippen molar-refractivity contribution < 1.29 is 9.45 Å². The summed E-state index contributed by atoms with van der Waals surface area (Å²) in [5, 5.41) is 3.03. The molecule has 0 aliphatic carbocycles. The molecule has 0 aromatic rings. The van der Waals surface area contributed by atoms with Crippen molar-refractivity contribution in [1.82, 2.24) is 5.32 Å². The van der Waals surface area contributed by atoms with Crippen LogP contribution in [0.2, 0.25) is 0 Å². The van der Waals surface area contributed by atoms with E-state index in [1.807, 2.05) is 0 Å². The van der Waals surface area contributed by atoms with E-state index in [4.69, 9.17) is 0 Å². The van der Waals surface area contributed by atoms with Gasteiger partial charge in [-0.1, -0.05) is 0 Å². The summed E-state index contributed by atoms with van der Waals surface area (Å²) in [5.74, 6) is -0.132. The van der Waals surface area contributed by atoms with E-state index >= 15 is 0 Å². The van der Waals surface area contributed by atoms with Crippen molar-refractivity contribution in [3.05, 3.63) is 0 Å². The van der Waals surface area contributed by atoms with Gasteiger partial charge in [-0.25, -0.2) is 0 Å². The summed E-state index contributed by atoms with van der Waals surface area (Å²) < 4.78 is 4.53. The quantitative estimate of drug-likeness (QED) is 0.451. The largest absolute Gasteiger partial charge is 0.542 e. The first-order chi connectivity index (χ1) is 4.34. The smallest absolute Gasteiger partial charge is 0.326 e. The molecular weight excluding hydrogens is 117 g/mol. The lowest BCUT2D eigenvalue weighted by Crippen LogP contribution is -2.31. The Labute approximate surface area is 55.2 Å². The highest BCUT2D eigenvalue weighted by Crippen LogP contribution is 2.05. The van der Waals surface area contributed by atoms with Gasteiger partial charge in [0.1, 0.15) is 6.04 Å². The van der Waals surface area contributed by atoms with Crippen molar-refractivity contribution in [2.75, 3.05) is 6.54 Å². The molecule has 3 nitrogen and oxygen atoms in total. The maximum absolute atomic E-state index is 10.7. The molecule has 0 aromatic carbocycles. The molecule has 0 bridgehead atoms. The van der Waals surface area contributed by atoms with Gasteiger partial charge in [0.2, 0.25) is 0 Å². The summed E-state index contributed by atoms with van der Waals surface area (Å²) in [5.41, 5.74) is 0. The average Bonchev–Trinajstić information content (AvgIpc) is 2.37. The van der Waals surface area contributed by atoms with Crippen molar-refractivity contribution in [3.63, 3.8) is 0 Å². The van der Waals surface area contributed by atoms with Gasteiger partial charge in [0.25, 0.3) is 0 Å². The minimum Gasteiger partial charge on any atom is -0.542 e. The molecule has 0 saturated carbocycles. The van der Waals surface area contributed by atoms with Gasteiger partial charge in [-0.3, -0.25) is 4.79 Å². The van der Waals surface area contributed by atoms with E-state index in [0.717, 1.165) is 19.4 Å². The Morgan fingerprint density at radius 2 is 2.56 bits per heavy atom. The lowest BCUT2D eigenvalue weighted by atomic mass is 10.2. The summed E-state index contributed by atoms with van der Waals surface area (Å²) in [7, 11) is 1.42. The fraction of sp³-hybridized carbons (Fsp3) is 0.800. The second-order valence-electron chi connectivity index (χ2n) is 2.17. The molecule has 50 valence electrons. The Hall–Kier alpha value is -0.505. The molecule has 1 aliphatic heterocycles. The highest BCUT2D eigenvalue weighted by atomic mass is 16.5. The molecule has 0 amide bonds. The number of hydrogen-bond acceptors (Lipinski definition) is 3. The predicted molar refractivity (Wildman–Crippen MR) is 35.7 cm³/mol. The SMILES string of the molecule is BOC(=O)[C@@H]1CCCN1. The highest BCUT2D eigenvalue weighted by Gasteiger charge is 2.21. The normalized spacial score (nSPS) is 26.0. The van der Waals surface area contributed by atoms with Crippen LogP contribution in [0.4, 0.5) is 0 Å². The third kappa shape index (κ3) is 1.45. The topological polar surface area (TPSA) is 38.3 Å². The molecule has 1 atom stereocenters. The summed E-state index contributed by atoms with van der Waals surface area (Å²) in [6.45, 7) is 0.944. The first-order valence-corrected chi connectivity index (χ1v) is 3.16. The summed E-state index contributed by atoms with van der Waals surface area (Å²) in [6.07, 6.45) is 2.01. The molecule has 1 rings (SSSR count). The Kier molecular flexibility index (Phi) is 2.11. The van der Waals surface area contributed by atoms with Gasteiger partial charge in [-0.05, 0) is 19.4 Å². The zero-order valence-corrected chi connectivity index (χ0v) is 5.52. The second-order valence-corrected chi connectivity index (χ2v) is 2.17. The third-order valence-electron chi connectivity index (χ3n) is 1.55. The van der Waals surface area contributed by atoms with Crippen LogP contribution in [-0.4, -0.2) is 26.6 Å². The van der Waals surface area contributed by atoms with Crippen molar-refractivity contribution in [1.29, 1.82) is 0 Å². The van der Waals surface area contributed by atoms with Crippen LogP contribution in [0.1, 0.15) is 12.8 Å². The summed E-state index contributed by atoms with van der Waals surface area (Å²) in [6, 6.07) is -0.0324. The number of carbonyl (C=O) groups is 1. The maximum atomic E-state index is 10.7. The minimum absolute atomic E-state index is 0.0324. The summed E-state index contributed by atoms with van der Waals surface area (Å²) >= 11 is 0. The van der Waals surface area contributed by atoms with E-state index in [1.54, 1.807) is 0 Å². The van der Waals surface area contributed by atoms with E-state index in [2.05, 4.69) is 9.97 Å². The van der Waals surface area contributed by atoms with Crippen LogP contribution in [0, 0.1) is 0 Å². The molecule has 9 heavy (non-hydrogen) atoms. The van der Waals surface area contributed by atoms with E-state index in [9.17, 15) is 4.79 Å². The Balaban J connectivity index is 2.32. The molecule has 0 unspecified atom stereocenters. The molecule has 1 fully saturated rings. The Bertz CT molecular complexity index is 112. The first kappa shape index (κ1) is 6.61. The fourth-order valence-corrected chi connectivity index (χ4v) is 1.03. The number of rotatable bonds is 1. The average molecular weight is 127 g/mol. The van der Waals surface area contributed by atoms with Crippen LogP contribution in [-0.2, 0) is 9.45 Å². The van der Waals surface area contributed by atoms with Crippen LogP contribution in [0.3, 0.4) is 0 Å². The van der Waals surface area contributed by atoms with Crippen LogP contribution in [0.5, 0.6) is 0 Å². The third-order valence-corrected chi connectivity index (χ3v) is 1.55. The maximum Gasteiger partial charge on any atom is 0.326 e. The molecule has 1 saturated heterocycles. The van der Waals surface area contributed by atoms with E-state index in [-0.39, 0.29) is 12.0 Å². The minimum atomic E-state index is -0.132. The van der Waals surface area contributed by atoms with Gasteiger partial charge < -0.3 is 9.97 Å². The van der Waals surface area contributed by atoms with Gasteiger partial charge >= 0.3 is 14.0 Å². The number of hydrogen-bond donors (Lipinski definition) is 1. The standard InChI is InChI=1S/C5H10BNO2/c6-9-5(8)4-2-1-3-7-4/h4,7H,1-3,6H2/t4-/m0/s1. The lowest BCUT2D eigenvalue weighted by molar-refractivity contribution is -0.135. The van der Waals surface area contributed by atoms with E-state index < -0.39 is 0 Å². The van der Waals surface area contributed by atoms with Crippen LogP contribution in [0.15, 0.2) is 0 Å². The Morgan fingerprint density at radius 3 is 3.00 bits per heavy atom. The van der Waals surface area contributed by atoms with E-state index in [0.29, 0.717) is 0 Å². The molecular formula is C5H10BNO2. The zero-order chi connectivity index (χ0) is 6.69. The van der Waals surface area contributed by atoms with Gasteiger partial charge in [-0.2, -0.15) is 0 Å². The lowest BCUT2D eigenvalue weighted by Gasteiger charge is -2.05. The molecule has 4 heteroatoms. The zero-order valence-electron chi connectivity index (χ0n) is 5.52. The number of nitrogens with one attached hydrogen (secondary N) is 1. The van der Waals surface area contributed by atoms with Crippen LogP contribution in [0.25, 0.3) is 0 Å². The molecule has 0 radical (unpaired) electrons. The molecule has 1 N–H and O–H groups in total. The molecule has 0 aromatic heterocycles. The molecule has 1 heterocycles. The van der Waals surface area contributed by atoms with Crippen molar-refractivity contribution in [2.45, 2.75) is 18.9 Å². The molecule has 1 aliphatic rings. The molecule has 0 spiro atoms. The van der Waals surface area contributed by atoms with Crippen molar-refractivity contribution in [2.24, 2.45) is 0 Å². The van der Waals surface area contributed by atoms with Crippen LogP contribution >= 0.6 is 0 Å².